The fourth-order valence-electron chi connectivity index (χ4n) is 2.67. The number of aryl methyl sites for hydroxylation is 1. The van der Waals surface area contributed by atoms with Crippen LogP contribution in [-0.4, -0.2) is 43.5 Å². The van der Waals surface area contributed by atoms with Crippen LogP contribution >= 0.6 is 15.9 Å². The Morgan fingerprint density at radius 3 is 3.00 bits per heavy atom. The SMILES string of the molecule is CNCC1CCCN1CC(=O)Nc1ccc(C)cc1Br. The van der Waals surface area contributed by atoms with Crippen LogP contribution in [0.1, 0.15) is 18.4 Å². The second kappa shape index (κ2) is 7.20. The number of carbonyl (C=O) groups is 1. The fourth-order valence-corrected chi connectivity index (χ4v) is 3.26. The molecule has 0 radical (unpaired) electrons. The van der Waals surface area contributed by atoms with Crippen molar-refractivity contribution < 1.29 is 4.79 Å². The standard InChI is InChI=1S/C15H22BrN3O/c1-11-5-6-14(13(16)8-11)18-15(20)10-19-7-3-4-12(19)9-17-2/h5-6,8,12,17H,3-4,7,9-10H2,1-2H3,(H,18,20). The van der Waals surface area contributed by atoms with Crippen molar-refractivity contribution >= 4 is 27.5 Å². The van der Waals surface area contributed by atoms with Crippen molar-refractivity contribution in [3.63, 3.8) is 0 Å². The summed E-state index contributed by atoms with van der Waals surface area (Å²) in [5.74, 6) is 0.0533. The number of nitrogens with one attached hydrogen (secondary N) is 2. The van der Waals surface area contributed by atoms with Crippen LogP contribution in [0, 0.1) is 6.92 Å². The van der Waals surface area contributed by atoms with Gasteiger partial charge in [-0.2, -0.15) is 0 Å². The topological polar surface area (TPSA) is 44.4 Å². The zero-order valence-corrected chi connectivity index (χ0v) is 13.7. The average molecular weight is 340 g/mol. The van der Waals surface area contributed by atoms with Gasteiger partial charge in [0, 0.05) is 17.1 Å². The van der Waals surface area contributed by atoms with Crippen LogP contribution in [-0.2, 0) is 4.79 Å². The number of anilines is 1. The first-order valence-electron chi connectivity index (χ1n) is 7.05. The number of hydrogen-bond donors (Lipinski definition) is 2. The average Bonchev–Trinajstić information content (AvgIpc) is 2.81. The van der Waals surface area contributed by atoms with E-state index in [9.17, 15) is 4.79 Å². The number of likely N-dealkylation sites (tertiary alicyclic amines) is 1. The zero-order valence-electron chi connectivity index (χ0n) is 12.1. The van der Waals surface area contributed by atoms with Crippen LogP contribution in [0.3, 0.4) is 0 Å². The molecule has 1 aromatic rings. The molecule has 5 heteroatoms. The Labute approximate surface area is 129 Å². The minimum absolute atomic E-state index is 0.0533. The minimum Gasteiger partial charge on any atom is -0.324 e. The lowest BCUT2D eigenvalue weighted by molar-refractivity contribution is -0.117. The number of benzene rings is 1. The van der Waals surface area contributed by atoms with E-state index in [1.807, 2.05) is 32.2 Å². The molecular weight excluding hydrogens is 318 g/mol. The van der Waals surface area contributed by atoms with Gasteiger partial charge < -0.3 is 10.6 Å². The summed E-state index contributed by atoms with van der Waals surface area (Å²) in [6.07, 6.45) is 2.34. The molecule has 2 rings (SSSR count). The van der Waals surface area contributed by atoms with Crippen LogP contribution < -0.4 is 10.6 Å². The third kappa shape index (κ3) is 4.04. The molecule has 0 saturated carbocycles. The van der Waals surface area contributed by atoms with Gasteiger partial charge in [0.2, 0.25) is 5.91 Å². The highest BCUT2D eigenvalue weighted by Gasteiger charge is 2.25. The van der Waals surface area contributed by atoms with Crippen molar-refractivity contribution in [1.29, 1.82) is 0 Å². The number of halogens is 1. The molecule has 1 unspecified atom stereocenters. The Bertz CT molecular complexity index is 478. The monoisotopic (exact) mass is 339 g/mol. The molecule has 1 aliphatic heterocycles. The molecule has 1 saturated heterocycles. The third-order valence-electron chi connectivity index (χ3n) is 3.68. The summed E-state index contributed by atoms with van der Waals surface area (Å²) in [6, 6.07) is 6.43. The summed E-state index contributed by atoms with van der Waals surface area (Å²) in [6.45, 7) is 4.45. The maximum Gasteiger partial charge on any atom is 0.238 e. The lowest BCUT2D eigenvalue weighted by Gasteiger charge is -2.23. The van der Waals surface area contributed by atoms with Gasteiger partial charge in [0.15, 0.2) is 0 Å². The number of nitrogens with zero attached hydrogens (tertiary/aromatic N) is 1. The largest absolute Gasteiger partial charge is 0.324 e. The molecule has 110 valence electrons. The van der Waals surface area contributed by atoms with Gasteiger partial charge >= 0.3 is 0 Å². The van der Waals surface area contributed by atoms with Crippen molar-refractivity contribution in [2.24, 2.45) is 0 Å². The highest BCUT2D eigenvalue weighted by atomic mass is 79.9. The second-order valence-corrected chi connectivity index (χ2v) is 6.21. The van der Waals surface area contributed by atoms with E-state index >= 15 is 0 Å². The van der Waals surface area contributed by atoms with Crippen LogP contribution in [0.25, 0.3) is 0 Å². The first-order valence-corrected chi connectivity index (χ1v) is 7.84. The number of hydrogen-bond acceptors (Lipinski definition) is 3. The van der Waals surface area contributed by atoms with Gasteiger partial charge in [-0.25, -0.2) is 0 Å². The Morgan fingerprint density at radius 2 is 2.30 bits per heavy atom. The van der Waals surface area contributed by atoms with Gasteiger partial charge in [-0.1, -0.05) is 6.07 Å². The molecular formula is C15H22BrN3O. The molecule has 1 atom stereocenters. The van der Waals surface area contributed by atoms with Gasteiger partial charge in [0.25, 0.3) is 0 Å². The summed E-state index contributed by atoms with van der Waals surface area (Å²) >= 11 is 3.49. The fraction of sp³-hybridized carbons (Fsp3) is 0.533. The van der Waals surface area contributed by atoms with E-state index in [1.165, 1.54) is 18.4 Å². The predicted molar refractivity (Wildman–Crippen MR) is 86.0 cm³/mol. The normalized spacial score (nSPS) is 19.2. The summed E-state index contributed by atoms with van der Waals surface area (Å²) in [7, 11) is 1.96. The molecule has 1 fully saturated rings. The first kappa shape index (κ1) is 15.5. The summed E-state index contributed by atoms with van der Waals surface area (Å²) in [5.41, 5.74) is 2.01. The number of carbonyl (C=O) groups excluding carboxylic acids is 1. The summed E-state index contributed by atoms with van der Waals surface area (Å²) in [5, 5.41) is 6.18. The molecule has 1 heterocycles. The van der Waals surface area contributed by atoms with E-state index < -0.39 is 0 Å². The first-order chi connectivity index (χ1) is 9.60. The number of likely N-dealkylation sites (N-methyl/N-ethyl adjacent to an activating group) is 1. The van der Waals surface area contributed by atoms with E-state index in [0.717, 1.165) is 23.2 Å². The van der Waals surface area contributed by atoms with Crippen molar-refractivity contribution in [2.45, 2.75) is 25.8 Å². The number of rotatable bonds is 5. The summed E-state index contributed by atoms with van der Waals surface area (Å²) < 4.78 is 0.930. The van der Waals surface area contributed by atoms with Gasteiger partial charge in [0.05, 0.1) is 12.2 Å². The molecule has 4 nitrogen and oxygen atoms in total. The number of amides is 1. The highest BCUT2D eigenvalue weighted by Crippen LogP contribution is 2.23. The third-order valence-corrected chi connectivity index (χ3v) is 4.34. The Morgan fingerprint density at radius 1 is 1.50 bits per heavy atom. The lowest BCUT2D eigenvalue weighted by Crippen LogP contribution is -2.41. The zero-order chi connectivity index (χ0) is 14.5. The molecule has 20 heavy (non-hydrogen) atoms. The molecule has 0 bridgehead atoms. The summed E-state index contributed by atoms with van der Waals surface area (Å²) in [4.78, 5) is 14.4. The van der Waals surface area contributed by atoms with Crippen LogP contribution in [0.5, 0.6) is 0 Å². The van der Waals surface area contributed by atoms with Gasteiger partial charge in [0.1, 0.15) is 0 Å². The van der Waals surface area contributed by atoms with E-state index in [1.54, 1.807) is 0 Å². The van der Waals surface area contributed by atoms with Crippen LogP contribution in [0.15, 0.2) is 22.7 Å². The van der Waals surface area contributed by atoms with Gasteiger partial charge in [-0.15, -0.1) is 0 Å². The van der Waals surface area contributed by atoms with E-state index in [-0.39, 0.29) is 5.91 Å². The maximum absolute atomic E-state index is 12.2. The molecule has 1 aromatic carbocycles. The van der Waals surface area contributed by atoms with E-state index in [2.05, 4.69) is 31.5 Å². The predicted octanol–water partition coefficient (Wildman–Crippen LogP) is 2.38. The van der Waals surface area contributed by atoms with Crippen LogP contribution in [0.4, 0.5) is 5.69 Å². The lowest BCUT2D eigenvalue weighted by atomic mass is 10.2. The molecule has 1 amide bonds. The van der Waals surface area contributed by atoms with Crippen LogP contribution in [0.2, 0.25) is 0 Å². The quantitative estimate of drug-likeness (QED) is 0.865. The van der Waals surface area contributed by atoms with Gasteiger partial charge in [-0.05, 0) is 67.0 Å². The van der Waals surface area contributed by atoms with Gasteiger partial charge in [-0.3, -0.25) is 9.69 Å². The Kier molecular flexibility index (Phi) is 5.57. The Hall–Kier alpha value is -0.910. The molecule has 1 aliphatic rings. The van der Waals surface area contributed by atoms with Crippen molar-refractivity contribution in [1.82, 2.24) is 10.2 Å². The highest BCUT2D eigenvalue weighted by molar-refractivity contribution is 9.10. The molecule has 0 aliphatic carbocycles. The Balaban J connectivity index is 1.92. The van der Waals surface area contributed by atoms with E-state index in [4.69, 9.17) is 0 Å². The second-order valence-electron chi connectivity index (χ2n) is 5.36. The smallest absolute Gasteiger partial charge is 0.238 e. The van der Waals surface area contributed by atoms with E-state index in [0.29, 0.717) is 12.6 Å². The minimum atomic E-state index is 0.0533. The molecule has 0 spiro atoms. The van der Waals surface area contributed by atoms with Crippen molar-refractivity contribution in [2.75, 3.05) is 32.0 Å². The maximum atomic E-state index is 12.2. The molecule has 2 N–H and O–H groups in total. The van der Waals surface area contributed by atoms with Crippen molar-refractivity contribution in [3.05, 3.63) is 28.2 Å². The van der Waals surface area contributed by atoms with Crippen molar-refractivity contribution in [3.8, 4) is 0 Å². The molecule has 0 aromatic heterocycles.